The molecule has 2 aromatic rings. The van der Waals surface area contributed by atoms with E-state index in [1.54, 1.807) is 11.6 Å². The molecule has 6 nitrogen and oxygen atoms in total. The first kappa shape index (κ1) is 15.1. The molecule has 0 atom stereocenters. The average Bonchev–Trinajstić information content (AvgIpc) is 2.99. The second kappa shape index (κ2) is 6.95. The monoisotopic (exact) mass is 318 g/mol. The number of amides is 1. The summed E-state index contributed by atoms with van der Waals surface area (Å²) >= 11 is 1.51. The molecule has 3 heterocycles. The maximum absolute atomic E-state index is 12.2. The summed E-state index contributed by atoms with van der Waals surface area (Å²) in [5.41, 5.74) is 1.37. The van der Waals surface area contributed by atoms with Crippen molar-refractivity contribution < 1.29 is 9.53 Å². The number of thiazole rings is 1. The maximum atomic E-state index is 12.2. The molecule has 0 aromatic carbocycles. The Morgan fingerprint density at radius 3 is 3.05 bits per heavy atom. The minimum atomic E-state index is -0.216. The summed E-state index contributed by atoms with van der Waals surface area (Å²) in [5, 5.41) is 5.55. The van der Waals surface area contributed by atoms with Crippen LogP contribution in [-0.2, 0) is 11.3 Å². The highest BCUT2D eigenvalue weighted by atomic mass is 32.1. The highest BCUT2D eigenvalue weighted by Gasteiger charge is 2.16. The van der Waals surface area contributed by atoms with Crippen LogP contribution in [0.1, 0.15) is 21.1 Å². The molecule has 1 aliphatic heterocycles. The molecular formula is C15H18N4O2S. The number of carbonyl (C=O) groups is 1. The van der Waals surface area contributed by atoms with E-state index in [1.807, 2.05) is 19.1 Å². The lowest BCUT2D eigenvalue weighted by atomic mass is 10.3. The average molecular weight is 318 g/mol. The van der Waals surface area contributed by atoms with Crippen molar-refractivity contribution in [1.82, 2.24) is 14.9 Å². The van der Waals surface area contributed by atoms with E-state index in [9.17, 15) is 4.79 Å². The first-order valence-corrected chi connectivity index (χ1v) is 8.08. The summed E-state index contributed by atoms with van der Waals surface area (Å²) in [6, 6.07) is 3.75. The Kier molecular flexibility index (Phi) is 4.77. The summed E-state index contributed by atoms with van der Waals surface area (Å²) in [7, 11) is 0. The van der Waals surface area contributed by atoms with Gasteiger partial charge in [0.05, 0.1) is 19.8 Å². The molecule has 1 fully saturated rings. The van der Waals surface area contributed by atoms with Crippen molar-refractivity contribution in [3.8, 4) is 0 Å². The third-order valence-electron chi connectivity index (χ3n) is 3.49. The van der Waals surface area contributed by atoms with Crippen LogP contribution in [0.3, 0.4) is 0 Å². The van der Waals surface area contributed by atoms with Gasteiger partial charge >= 0.3 is 0 Å². The van der Waals surface area contributed by atoms with Crippen molar-refractivity contribution in [2.75, 3.05) is 31.6 Å². The minimum absolute atomic E-state index is 0.216. The van der Waals surface area contributed by atoms with Crippen LogP contribution in [0.4, 0.5) is 5.82 Å². The van der Waals surface area contributed by atoms with Crippen LogP contribution < -0.4 is 5.32 Å². The van der Waals surface area contributed by atoms with E-state index < -0.39 is 0 Å². The van der Waals surface area contributed by atoms with Gasteiger partial charge < -0.3 is 10.1 Å². The first-order chi connectivity index (χ1) is 10.7. The molecule has 2 aromatic heterocycles. The molecule has 1 saturated heterocycles. The van der Waals surface area contributed by atoms with Crippen LogP contribution in [0.5, 0.6) is 0 Å². The number of ether oxygens (including phenoxy) is 1. The van der Waals surface area contributed by atoms with E-state index in [2.05, 4.69) is 20.2 Å². The second-order valence-electron chi connectivity index (χ2n) is 5.14. The molecule has 1 N–H and O–H groups in total. The number of carbonyl (C=O) groups excluding carboxylic acids is 1. The molecule has 116 valence electrons. The normalized spacial score (nSPS) is 15.7. The van der Waals surface area contributed by atoms with E-state index in [1.165, 1.54) is 11.3 Å². The first-order valence-electron chi connectivity index (χ1n) is 7.20. The van der Waals surface area contributed by atoms with Gasteiger partial charge in [-0.2, -0.15) is 0 Å². The fraction of sp³-hybridized carbons (Fsp3) is 0.400. The summed E-state index contributed by atoms with van der Waals surface area (Å²) < 4.78 is 5.33. The van der Waals surface area contributed by atoms with Crippen molar-refractivity contribution in [2.24, 2.45) is 0 Å². The molecule has 1 aliphatic rings. The van der Waals surface area contributed by atoms with Gasteiger partial charge in [0.2, 0.25) is 0 Å². The Hall–Kier alpha value is -1.83. The van der Waals surface area contributed by atoms with Crippen molar-refractivity contribution in [3.05, 3.63) is 40.0 Å². The molecule has 0 bridgehead atoms. The third-order valence-corrected chi connectivity index (χ3v) is 4.32. The van der Waals surface area contributed by atoms with Gasteiger partial charge in [0.15, 0.2) is 0 Å². The van der Waals surface area contributed by atoms with Crippen LogP contribution in [-0.4, -0.2) is 47.1 Å². The summed E-state index contributed by atoms with van der Waals surface area (Å²) in [6.45, 7) is 6.02. The van der Waals surface area contributed by atoms with E-state index in [0.717, 1.165) is 43.4 Å². The Balaban J connectivity index is 1.63. The molecule has 0 saturated carbocycles. The molecule has 1 amide bonds. The lowest BCUT2D eigenvalue weighted by Crippen LogP contribution is -2.35. The lowest BCUT2D eigenvalue weighted by Gasteiger charge is -2.25. The Morgan fingerprint density at radius 1 is 1.45 bits per heavy atom. The largest absolute Gasteiger partial charge is 0.379 e. The number of aryl methyl sites for hydroxylation is 1. The van der Waals surface area contributed by atoms with Crippen LogP contribution in [0.25, 0.3) is 0 Å². The van der Waals surface area contributed by atoms with Crippen LogP contribution in [0, 0.1) is 6.92 Å². The van der Waals surface area contributed by atoms with Crippen molar-refractivity contribution in [2.45, 2.75) is 13.5 Å². The van der Waals surface area contributed by atoms with Gasteiger partial charge in [-0.25, -0.2) is 9.97 Å². The van der Waals surface area contributed by atoms with Crippen molar-refractivity contribution >= 4 is 23.1 Å². The van der Waals surface area contributed by atoms with Gasteiger partial charge in [-0.05, 0) is 18.6 Å². The molecule has 0 aliphatic carbocycles. The number of rotatable bonds is 4. The smallest absolute Gasteiger partial charge is 0.276 e. The van der Waals surface area contributed by atoms with Crippen molar-refractivity contribution in [3.63, 3.8) is 0 Å². The predicted octanol–water partition coefficient (Wildman–Crippen LogP) is 1.93. The summed E-state index contributed by atoms with van der Waals surface area (Å²) in [6.07, 6.45) is 1.66. The van der Waals surface area contributed by atoms with Crippen molar-refractivity contribution in [1.29, 1.82) is 0 Å². The predicted molar refractivity (Wildman–Crippen MR) is 85.1 cm³/mol. The zero-order chi connectivity index (χ0) is 15.4. The number of nitrogens with one attached hydrogen (secondary N) is 1. The van der Waals surface area contributed by atoms with E-state index in [-0.39, 0.29) is 5.91 Å². The number of pyridine rings is 1. The van der Waals surface area contributed by atoms with Gasteiger partial charge in [0.25, 0.3) is 5.91 Å². The number of morpholine rings is 1. The molecule has 0 spiro atoms. The van der Waals surface area contributed by atoms with E-state index in [0.29, 0.717) is 11.5 Å². The second-order valence-corrected chi connectivity index (χ2v) is 6.08. The SMILES string of the molecule is Cc1cccnc1NC(=O)c1csc(CN2CCOCC2)n1. The Morgan fingerprint density at radius 2 is 2.27 bits per heavy atom. The van der Waals surface area contributed by atoms with Gasteiger partial charge in [0.1, 0.15) is 16.5 Å². The minimum Gasteiger partial charge on any atom is -0.379 e. The maximum Gasteiger partial charge on any atom is 0.276 e. The number of hydrogen-bond donors (Lipinski definition) is 1. The Bertz CT molecular complexity index is 652. The molecule has 7 heteroatoms. The number of anilines is 1. The van der Waals surface area contributed by atoms with Gasteiger partial charge in [-0.1, -0.05) is 6.07 Å². The van der Waals surface area contributed by atoms with Crippen LogP contribution in [0.15, 0.2) is 23.7 Å². The van der Waals surface area contributed by atoms with E-state index >= 15 is 0 Å². The van der Waals surface area contributed by atoms with Crippen LogP contribution in [0.2, 0.25) is 0 Å². The van der Waals surface area contributed by atoms with Gasteiger partial charge in [-0.15, -0.1) is 11.3 Å². The summed E-state index contributed by atoms with van der Waals surface area (Å²) in [4.78, 5) is 23.1. The molecule has 22 heavy (non-hydrogen) atoms. The highest BCUT2D eigenvalue weighted by Crippen LogP contribution is 2.16. The molecule has 0 radical (unpaired) electrons. The van der Waals surface area contributed by atoms with Crippen LogP contribution >= 0.6 is 11.3 Å². The van der Waals surface area contributed by atoms with Gasteiger partial charge in [0, 0.05) is 24.7 Å². The van der Waals surface area contributed by atoms with Gasteiger partial charge in [-0.3, -0.25) is 9.69 Å². The van der Waals surface area contributed by atoms with E-state index in [4.69, 9.17) is 4.74 Å². The quantitative estimate of drug-likeness (QED) is 0.933. The fourth-order valence-corrected chi connectivity index (χ4v) is 3.04. The number of nitrogens with zero attached hydrogens (tertiary/aromatic N) is 3. The highest BCUT2D eigenvalue weighted by molar-refractivity contribution is 7.09. The fourth-order valence-electron chi connectivity index (χ4n) is 2.23. The number of hydrogen-bond acceptors (Lipinski definition) is 6. The lowest BCUT2D eigenvalue weighted by molar-refractivity contribution is 0.0341. The molecule has 3 rings (SSSR count). The zero-order valence-electron chi connectivity index (χ0n) is 12.4. The standard InChI is InChI=1S/C15H18N4O2S/c1-11-3-2-4-16-14(11)18-15(20)12-10-22-13(17-12)9-19-5-7-21-8-6-19/h2-4,10H,5-9H2,1H3,(H,16,18,20). The Labute approximate surface area is 133 Å². The third kappa shape index (κ3) is 3.68. The number of aromatic nitrogens is 2. The molecule has 0 unspecified atom stereocenters. The molecular weight excluding hydrogens is 300 g/mol. The summed E-state index contributed by atoms with van der Waals surface area (Å²) in [5.74, 6) is 0.363. The topological polar surface area (TPSA) is 67.4 Å². The zero-order valence-corrected chi connectivity index (χ0v) is 13.2.